The zero-order valence-electron chi connectivity index (χ0n) is 14.3. The van der Waals surface area contributed by atoms with Crippen LogP contribution in [-0.4, -0.2) is 62.7 Å². The molecule has 136 valence electrons. The van der Waals surface area contributed by atoms with E-state index in [1.54, 1.807) is 0 Å². The van der Waals surface area contributed by atoms with Gasteiger partial charge in [0.05, 0.1) is 18.4 Å². The van der Waals surface area contributed by atoms with Gasteiger partial charge in [-0.2, -0.15) is 0 Å². The van der Waals surface area contributed by atoms with Crippen molar-refractivity contribution >= 4 is 28.3 Å². The van der Waals surface area contributed by atoms with E-state index in [0.29, 0.717) is 18.2 Å². The summed E-state index contributed by atoms with van der Waals surface area (Å²) in [6.45, 7) is 3.74. The van der Waals surface area contributed by atoms with Gasteiger partial charge in [-0.05, 0) is 12.8 Å². The van der Waals surface area contributed by atoms with E-state index in [2.05, 4.69) is 25.2 Å². The van der Waals surface area contributed by atoms with Crippen LogP contribution in [-0.2, 0) is 17.8 Å². The lowest BCUT2D eigenvalue weighted by Crippen LogP contribution is -2.40. The third-order valence-electron chi connectivity index (χ3n) is 4.64. The molecule has 2 aliphatic heterocycles. The molecule has 4 heterocycles. The Morgan fingerprint density at radius 2 is 2.04 bits per heavy atom. The van der Waals surface area contributed by atoms with E-state index in [4.69, 9.17) is 0 Å². The second kappa shape index (κ2) is 7.46. The molecule has 4 rings (SSSR count). The van der Waals surface area contributed by atoms with E-state index in [1.165, 1.54) is 29.9 Å². The molecule has 2 aromatic heterocycles. The monoisotopic (exact) mass is 372 g/mol. The Kier molecular flexibility index (Phi) is 4.89. The molecule has 0 unspecified atom stereocenters. The topological polar surface area (TPSA) is 91.3 Å². The van der Waals surface area contributed by atoms with E-state index >= 15 is 0 Å². The largest absolute Gasteiger partial charge is 0.342 e. The number of thiazole rings is 1. The number of nitrogens with zero attached hydrogens (tertiary/aromatic N) is 5. The highest BCUT2D eigenvalue weighted by Crippen LogP contribution is 2.28. The molecule has 0 aromatic carbocycles. The van der Waals surface area contributed by atoms with Crippen molar-refractivity contribution in [2.45, 2.75) is 25.8 Å². The van der Waals surface area contributed by atoms with Crippen LogP contribution in [0.5, 0.6) is 0 Å². The van der Waals surface area contributed by atoms with E-state index in [9.17, 15) is 9.59 Å². The second-order valence-corrected chi connectivity index (χ2v) is 7.57. The summed E-state index contributed by atoms with van der Waals surface area (Å²) in [5.41, 5.74) is 1.27. The number of hydrogen-bond acceptors (Lipinski definition) is 7. The Bertz CT molecular complexity index is 803. The molecule has 2 aliphatic rings. The predicted octanol–water partition coefficient (Wildman–Crippen LogP) is 1.17. The summed E-state index contributed by atoms with van der Waals surface area (Å²) in [5.74, 6) is -0.100. The lowest BCUT2D eigenvalue weighted by molar-refractivity contribution is -0.131. The Hall–Kier alpha value is -2.39. The molecule has 2 aromatic rings. The van der Waals surface area contributed by atoms with Gasteiger partial charge in [0.1, 0.15) is 5.69 Å². The molecule has 26 heavy (non-hydrogen) atoms. The lowest BCUT2D eigenvalue weighted by atomic mass is 10.2. The molecule has 0 radical (unpaired) electrons. The fourth-order valence-electron chi connectivity index (χ4n) is 3.27. The van der Waals surface area contributed by atoms with Gasteiger partial charge in [-0.25, -0.2) is 9.97 Å². The van der Waals surface area contributed by atoms with Gasteiger partial charge < -0.3 is 4.90 Å². The highest BCUT2D eigenvalue weighted by molar-refractivity contribution is 7.15. The van der Waals surface area contributed by atoms with Gasteiger partial charge in [0.25, 0.3) is 5.91 Å². The summed E-state index contributed by atoms with van der Waals surface area (Å²) in [6.07, 6.45) is 7.45. The van der Waals surface area contributed by atoms with Crippen molar-refractivity contribution in [3.63, 3.8) is 0 Å². The van der Waals surface area contributed by atoms with Crippen LogP contribution in [0.4, 0.5) is 5.13 Å². The number of amides is 2. The number of aromatic nitrogens is 3. The molecule has 0 atom stereocenters. The number of carbonyl (C=O) groups excluding carboxylic acids is 2. The predicted molar refractivity (Wildman–Crippen MR) is 96.9 cm³/mol. The first-order valence-corrected chi connectivity index (χ1v) is 9.57. The summed E-state index contributed by atoms with van der Waals surface area (Å²) in [6, 6.07) is 0. The Morgan fingerprint density at radius 3 is 2.81 bits per heavy atom. The van der Waals surface area contributed by atoms with E-state index in [-0.39, 0.29) is 17.5 Å². The first kappa shape index (κ1) is 17.0. The number of anilines is 1. The lowest BCUT2D eigenvalue weighted by Gasteiger charge is -2.27. The summed E-state index contributed by atoms with van der Waals surface area (Å²) >= 11 is 1.46. The number of hydrogen-bond donors (Lipinski definition) is 1. The SMILES string of the molecule is O=C(Nc1nc2c(s1)CN(CC(=O)N1CCCC1)CC2)c1cnccn1. The average molecular weight is 372 g/mol. The van der Waals surface area contributed by atoms with Crippen LogP contribution in [0.2, 0.25) is 0 Å². The van der Waals surface area contributed by atoms with E-state index in [1.807, 2.05) is 4.90 Å². The van der Waals surface area contributed by atoms with Crippen molar-refractivity contribution in [3.05, 3.63) is 34.9 Å². The molecule has 1 fully saturated rings. The third kappa shape index (κ3) is 3.73. The van der Waals surface area contributed by atoms with E-state index in [0.717, 1.165) is 49.5 Å². The Morgan fingerprint density at radius 1 is 1.19 bits per heavy atom. The van der Waals surface area contributed by atoms with Crippen LogP contribution in [0.3, 0.4) is 0 Å². The summed E-state index contributed by atoms with van der Waals surface area (Å²) in [7, 11) is 0. The Labute approximate surface area is 155 Å². The standard InChI is InChI=1S/C17H20N6O2S/c24-15(23-6-1-2-7-23)11-22-8-3-12-14(10-22)26-17(20-12)21-16(25)13-9-18-4-5-19-13/h4-5,9H,1-3,6-8,10-11H2,(H,20,21,25). The second-order valence-electron chi connectivity index (χ2n) is 6.48. The molecule has 0 saturated carbocycles. The highest BCUT2D eigenvalue weighted by Gasteiger charge is 2.25. The number of rotatable bonds is 4. The van der Waals surface area contributed by atoms with Gasteiger partial charge in [-0.3, -0.25) is 24.8 Å². The quantitative estimate of drug-likeness (QED) is 0.866. The zero-order valence-corrected chi connectivity index (χ0v) is 15.2. The third-order valence-corrected chi connectivity index (χ3v) is 5.64. The molecule has 9 heteroatoms. The van der Waals surface area contributed by atoms with Crippen LogP contribution in [0.1, 0.15) is 33.9 Å². The van der Waals surface area contributed by atoms with Crippen LogP contribution in [0.15, 0.2) is 18.6 Å². The van der Waals surface area contributed by atoms with Crippen molar-refractivity contribution in [2.75, 3.05) is 31.5 Å². The van der Waals surface area contributed by atoms with Crippen LogP contribution < -0.4 is 5.32 Å². The number of fused-ring (bicyclic) bond motifs is 1. The molecule has 2 amide bonds. The molecule has 0 bridgehead atoms. The molecule has 1 N–H and O–H groups in total. The first-order valence-electron chi connectivity index (χ1n) is 8.75. The van der Waals surface area contributed by atoms with Crippen molar-refractivity contribution in [2.24, 2.45) is 0 Å². The smallest absolute Gasteiger partial charge is 0.277 e. The minimum atomic E-state index is -0.315. The van der Waals surface area contributed by atoms with Crippen molar-refractivity contribution in [3.8, 4) is 0 Å². The Balaban J connectivity index is 1.37. The van der Waals surface area contributed by atoms with Crippen LogP contribution in [0, 0.1) is 0 Å². The fourth-order valence-corrected chi connectivity index (χ4v) is 4.32. The summed E-state index contributed by atoms with van der Waals surface area (Å²) < 4.78 is 0. The van der Waals surface area contributed by atoms with Crippen LogP contribution >= 0.6 is 11.3 Å². The van der Waals surface area contributed by atoms with Crippen LogP contribution in [0.25, 0.3) is 0 Å². The summed E-state index contributed by atoms with van der Waals surface area (Å²) in [5, 5.41) is 3.36. The zero-order chi connectivity index (χ0) is 17.9. The van der Waals surface area contributed by atoms with Gasteiger partial charge in [0.15, 0.2) is 5.13 Å². The van der Waals surface area contributed by atoms with Crippen molar-refractivity contribution in [1.29, 1.82) is 0 Å². The summed E-state index contributed by atoms with van der Waals surface area (Å²) in [4.78, 5) is 42.2. The maximum Gasteiger partial charge on any atom is 0.277 e. The molecule has 8 nitrogen and oxygen atoms in total. The number of nitrogens with one attached hydrogen (secondary N) is 1. The molecule has 1 saturated heterocycles. The fraction of sp³-hybridized carbons (Fsp3) is 0.471. The molecular weight excluding hydrogens is 352 g/mol. The minimum Gasteiger partial charge on any atom is -0.342 e. The van der Waals surface area contributed by atoms with Gasteiger partial charge in [-0.15, -0.1) is 11.3 Å². The van der Waals surface area contributed by atoms with Crippen molar-refractivity contribution in [1.82, 2.24) is 24.8 Å². The molecule has 0 spiro atoms. The molecule has 0 aliphatic carbocycles. The normalized spacial score (nSPS) is 17.2. The average Bonchev–Trinajstić information content (AvgIpc) is 3.31. The minimum absolute atomic E-state index is 0.214. The highest BCUT2D eigenvalue weighted by atomic mass is 32.1. The van der Waals surface area contributed by atoms with Crippen molar-refractivity contribution < 1.29 is 9.59 Å². The van der Waals surface area contributed by atoms with E-state index < -0.39 is 0 Å². The number of carbonyl (C=O) groups is 2. The van der Waals surface area contributed by atoms with Gasteiger partial charge in [0.2, 0.25) is 5.91 Å². The van der Waals surface area contributed by atoms with Gasteiger partial charge >= 0.3 is 0 Å². The van der Waals surface area contributed by atoms with Gasteiger partial charge in [0, 0.05) is 49.9 Å². The maximum absolute atomic E-state index is 12.3. The first-order chi connectivity index (χ1) is 12.7. The number of likely N-dealkylation sites (tertiary alicyclic amines) is 1. The molecular formula is C17H20N6O2S. The maximum atomic E-state index is 12.3. The van der Waals surface area contributed by atoms with Gasteiger partial charge in [-0.1, -0.05) is 0 Å².